The Morgan fingerprint density at radius 2 is 2.50 bits per heavy atom. The highest BCUT2D eigenvalue weighted by atomic mass is 16.5. The molecule has 0 aromatic heterocycles. The normalized spacial score (nSPS) is 23.6. The average Bonchev–Trinajstić information content (AvgIpc) is 2.03. The second-order valence-electron chi connectivity index (χ2n) is 2.65. The summed E-state index contributed by atoms with van der Waals surface area (Å²) < 4.78 is 4.92. The molecule has 0 aromatic rings. The van der Waals surface area contributed by atoms with Crippen LogP contribution in [0.2, 0.25) is 0 Å². The Kier molecular flexibility index (Phi) is 2.62. The molecular formula is C8H12NO3+. The van der Waals surface area contributed by atoms with E-state index in [2.05, 4.69) is 5.73 Å². The van der Waals surface area contributed by atoms with Crippen LogP contribution in [0.3, 0.4) is 0 Å². The van der Waals surface area contributed by atoms with Gasteiger partial charge in [0.05, 0.1) is 7.11 Å². The van der Waals surface area contributed by atoms with Crippen molar-refractivity contribution in [2.75, 3.05) is 7.11 Å². The van der Waals surface area contributed by atoms with Crippen LogP contribution in [-0.4, -0.2) is 24.6 Å². The molecule has 1 aliphatic rings. The maximum Gasteiger partial charge on any atom is 0.185 e. The standard InChI is InChI=1S/C8H11NO3/c1-12-8-6(9)2-5(4-10)3-7(8)11/h2,4,7,11H,3,9H2,1H3/p+1/t7-/m1/s1. The lowest BCUT2D eigenvalue weighted by atomic mass is 10.0. The lowest BCUT2D eigenvalue weighted by molar-refractivity contribution is -0.301. The molecule has 0 aliphatic heterocycles. The van der Waals surface area contributed by atoms with Gasteiger partial charge in [-0.3, -0.25) is 4.79 Å². The molecule has 1 rings (SSSR count). The number of aliphatic hydroxyl groups excluding tert-OH is 1. The van der Waals surface area contributed by atoms with E-state index in [4.69, 9.17) is 4.74 Å². The highest BCUT2D eigenvalue weighted by Crippen LogP contribution is 2.20. The topological polar surface area (TPSA) is 74.2 Å². The summed E-state index contributed by atoms with van der Waals surface area (Å²) in [4.78, 5) is 10.4. The smallest absolute Gasteiger partial charge is 0.185 e. The summed E-state index contributed by atoms with van der Waals surface area (Å²) in [6.45, 7) is 0. The summed E-state index contributed by atoms with van der Waals surface area (Å²) in [5, 5.41) is 9.42. The van der Waals surface area contributed by atoms with Crippen LogP contribution in [0.4, 0.5) is 0 Å². The first kappa shape index (κ1) is 8.96. The molecule has 0 heterocycles. The van der Waals surface area contributed by atoms with Crippen molar-refractivity contribution in [2.45, 2.75) is 12.5 Å². The van der Waals surface area contributed by atoms with Crippen molar-refractivity contribution >= 4 is 6.29 Å². The Hall–Kier alpha value is -1.13. The second-order valence-corrected chi connectivity index (χ2v) is 2.65. The van der Waals surface area contributed by atoms with Crippen LogP contribution >= 0.6 is 0 Å². The van der Waals surface area contributed by atoms with Crippen LogP contribution in [0.25, 0.3) is 0 Å². The summed E-state index contributed by atoms with van der Waals surface area (Å²) in [6.07, 6.45) is 1.93. The number of hydrogen-bond donors (Lipinski definition) is 2. The molecule has 0 saturated carbocycles. The minimum absolute atomic E-state index is 0.311. The predicted octanol–water partition coefficient (Wildman–Crippen LogP) is -1.02. The maximum atomic E-state index is 10.4. The minimum atomic E-state index is -0.729. The minimum Gasteiger partial charge on any atom is -0.493 e. The van der Waals surface area contributed by atoms with E-state index in [-0.39, 0.29) is 0 Å². The van der Waals surface area contributed by atoms with E-state index in [9.17, 15) is 9.90 Å². The van der Waals surface area contributed by atoms with Crippen molar-refractivity contribution in [3.8, 4) is 0 Å². The summed E-state index contributed by atoms with van der Waals surface area (Å²) in [7, 11) is 1.48. The lowest BCUT2D eigenvalue weighted by Crippen LogP contribution is -2.50. The number of methoxy groups -OCH3 is 1. The Morgan fingerprint density at radius 3 is 2.92 bits per heavy atom. The molecule has 0 unspecified atom stereocenters. The maximum absolute atomic E-state index is 10.4. The Morgan fingerprint density at radius 1 is 1.83 bits per heavy atom. The fourth-order valence-electron chi connectivity index (χ4n) is 1.23. The molecule has 0 saturated heterocycles. The molecule has 4 heteroatoms. The third-order valence-electron chi connectivity index (χ3n) is 1.78. The molecule has 0 spiro atoms. The number of carbonyl (C=O) groups excluding carboxylic acids is 1. The van der Waals surface area contributed by atoms with Gasteiger partial charge in [-0.15, -0.1) is 0 Å². The molecule has 12 heavy (non-hydrogen) atoms. The average molecular weight is 170 g/mol. The fraction of sp³-hybridized carbons (Fsp3) is 0.375. The van der Waals surface area contributed by atoms with E-state index in [1.54, 1.807) is 6.08 Å². The van der Waals surface area contributed by atoms with Gasteiger partial charge < -0.3 is 15.6 Å². The first-order valence-corrected chi connectivity index (χ1v) is 3.63. The van der Waals surface area contributed by atoms with Gasteiger partial charge in [0.2, 0.25) is 0 Å². The molecule has 0 fully saturated rings. The number of ether oxygens (including phenoxy) is 1. The predicted molar refractivity (Wildman–Crippen MR) is 41.7 cm³/mol. The van der Waals surface area contributed by atoms with E-state index in [0.29, 0.717) is 23.5 Å². The molecule has 0 radical (unpaired) electrons. The van der Waals surface area contributed by atoms with Crippen molar-refractivity contribution in [2.24, 2.45) is 0 Å². The van der Waals surface area contributed by atoms with Crippen LogP contribution in [0, 0.1) is 0 Å². The summed E-state index contributed by atoms with van der Waals surface area (Å²) in [6, 6.07) is 0. The Labute approximate surface area is 70.3 Å². The van der Waals surface area contributed by atoms with Crippen LogP contribution in [0.5, 0.6) is 0 Å². The SMILES string of the molecule is COC1=C([NH3+])C=C(C=O)C[C@H]1O. The van der Waals surface area contributed by atoms with Gasteiger partial charge in [0.15, 0.2) is 11.5 Å². The van der Waals surface area contributed by atoms with Crippen LogP contribution in [0.15, 0.2) is 23.1 Å². The van der Waals surface area contributed by atoms with Crippen LogP contribution in [-0.2, 0) is 9.53 Å². The second kappa shape index (κ2) is 3.51. The van der Waals surface area contributed by atoms with Gasteiger partial charge in [0.25, 0.3) is 0 Å². The van der Waals surface area contributed by atoms with Gasteiger partial charge in [-0.25, -0.2) is 0 Å². The van der Waals surface area contributed by atoms with Crippen molar-refractivity contribution in [3.05, 3.63) is 23.1 Å². The molecule has 1 aliphatic carbocycles. The van der Waals surface area contributed by atoms with Crippen molar-refractivity contribution < 1.29 is 20.4 Å². The monoisotopic (exact) mass is 170 g/mol. The summed E-state index contributed by atoms with van der Waals surface area (Å²) >= 11 is 0. The van der Waals surface area contributed by atoms with E-state index in [1.165, 1.54) is 7.11 Å². The number of carbonyl (C=O) groups is 1. The molecule has 4 nitrogen and oxygen atoms in total. The molecular weight excluding hydrogens is 158 g/mol. The summed E-state index contributed by atoms with van der Waals surface area (Å²) in [5.74, 6) is 0.445. The molecule has 0 bridgehead atoms. The van der Waals surface area contributed by atoms with Crippen molar-refractivity contribution in [3.63, 3.8) is 0 Å². The van der Waals surface area contributed by atoms with E-state index < -0.39 is 6.10 Å². The highest BCUT2D eigenvalue weighted by molar-refractivity contribution is 5.74. The van der Waals surface area contributed by atoms with E-state index >= 15 is 0 Å². The van der Waals surface area contributed by atoms with E-state index in [0.717, 1.165) is 6.29 Å². The first-order valence-electron chi connectivity index (χ1n) is 3.63. The lowest BCUT2D eigenvalue weighted by Gasteiger charge is -2.17. The molecule has 66 valence electrons. The highest BCUT2D eigenvalue weighted by Gasteiger charge is 2.23. The quantitative estimate of drug-likeness (QED) is 0.521. The number of aliphatic hydroxyl groups is 1. The van der Waals surface area contributed by atoms with Gasteiger partial charge >= 0.3 is 0 Å². The largest absolute Gasteiger partial charge is 0.493 e. The van der Waals surface area contributed by atoms with Crippen molar-refractivity contribution in [1.29, 1.82) is 0 Å². The summed E-state index contributed by atoms with van der Waals surface area (Å²) in [5.41, 5.74) is 4.78. The zero-order valence-electron chi connectivity index (χ0n) is 6.91. The van der Waals surface area contributed by atoms with Gasteiger partial charge in [0.1, 0.15) is 12.4 Å². The number of rotatable bonds is 2. The van der Waals surface area contributed by atoms with Crippen molar-refractivity contribution in [1.82, 2.24) is 0 Å². The Balaban J connectivity index is 2.96. The molecule has 0 amide bonds. The Bertz CT molecular complexity index is 255. The third-order valence-corrected chi connectivity index (χ3v) is 1.78. The molecule has 1 atom stereocenters. The zero-order valence-corrected chi connectivity index (χ0v) is 6.91. The van der Waals surface area contributed by atoms with Gasteiger partial charge in [-0.2, -0.15) is 0 Å². The molecule has 4 N–H and O–H groups in total. The van der Waals surface area contributed by atoms with Crippen LogP contribution < -0.4 is 5.73 Å². The van der Waals surface area contributed by atoms with Gasteiger partial charge in [0, 0.05) is 18.1 Å². The molecule has 0 aromatic carbocycles. The van der Waals surface area contributed by atoms with Gasteiger partial charge in [-0.1, -0.05) is 0 Å². The number of quaternary nitrogens is 1. The van der Waals surface area contributed by atoms with Gasteiger partial charge in [-0.05, 0) is 0 Å². The first-order chi connectivity index (χ1) is 5.69. The number of aldehydes is 1. The van der Waals surface area contributed by atoms with Crippen LogP contribution in [0.1, 0.15) is 6.42 Å². The number of hydrogen-bond acceptors (Lipinski definition) is 3. The number of allylic oxidation sites excluding steroid dienone is 1. The third kappa shape index (κ3) is 1.54. The fourth-order valence-corrected chi connectivity index (χ4v) is 1.23. The van der Waals surface area contributed by atoms with E-state index in [1.807, 2.05) is 0 Å². The zero-order chi connectivity index (χ0) is 9.14.